The predicted octanol–water partition coefficient (Wildman–Crippen LogP) is 3.81. The fourth-order valence-corrected chi connectivity index (χ4v) is 3.52. The van der Waals surface area contributed by atoms with Gasteiger partial charge in [-0.25, -0.2) is 0 Å². The van der Waals surface area contributed by atoms with Crippen molar-refractivity contribution < 1.29 is 27.9 Å². The van der Waals surface area contributed by atoms with Crippen LogP contribution in [0.5, 0.6) is 11.5 Å². The predicted molar refractivity (Wildman–Crippen MR) is 104 cm³/mol. The van der Waals surface area contributed by atoms with E-state index in [1.165, 1.54) is 40.6 Å². The van der Waals surface area contributed by atoms with Gasteiger partial charge in [0.2, 0.25) is 0 Å². The van der Waals surface area contributed by atoms with E-state index < -0.39 is 13.5 Å². The van der Waals surface area contributed by atoms with Crippen LogP contribution < -0.4 is 14.8 Å². The van der Waals surface area contributed by atoms with Crippen molar-refractivity contribution in [3.05, 3.63) is 53.1 Å². The summed E-state index contributed by atoms with van der Waals surface area (Å²) in [4.78, 5) is 12.5. The molecule has 1 N–H and O–H groups in total. The molecule has 2 rings (SSSR count). The second-order valence-electron chi connectivity index (χ2n) is 5.65. The van der Waals surface area contributed by atoms with Gasteiger partial charge in [-0.2, -0.15) is 5.26 Å². The zero-order chi connectivity index (χ0) is 20.7. The van der Waals surface area contributed by atoms with E-state index >= 15 is 0 Å². The summed E-state index contributed by atoms with van der Waals surface area (Å²) in [5.74, 6) is 0.376. The molecule has 0 unspecified atom stereocenters. The third kappa shape index (κ3) is 4.90. The summed E-state index contributed by atoms with van der Waals surface area (Å²) >= 11 is 0. The molecule has 0 heterocycles. The Morgan fingerprint density at radius 1 is 1.04 bits per heavy atom. The van der Waals surface area contributed by atoms with Gasteiger partial charge in [0, 0.05) is 31.9 Å². The van der Waals surface area contributed by atoms with E-state index in [9.17, 15) is 14.6 Å². The Hall–Kier alpha value is -2.85. The zero-order valence-corrected chi connectivity index (χ0v) is 16.9. The molecule has 0 saturated carbocycles. The summed E-state index contributed by atoms with van der Waals surface area (Å²) in [6.45, 7) is 0. The van der Waals surface area contributed by atoms with Crippen LogP contribution in [0, 0.1) is 11.3 Å². The Balaban J connectivity index is 2.22. The number of carbonyl (C=O) groups is 1. The second kappa shape index (κ2) is 9.38. The highest BCUT2D eigenvalue weighted by Crippen LogP contribution is 2.49. The van der Waals surface area contributed by atoms with Gasteiger partial charge in [0.1, 0.15) is 6.07 Å². The number of hydrogen-bond acceptors (Lipinski definition) is 7. The van der Waals surface area contributed by atoms with Gasteiger partial charge < -0.3 is 23.8 Å². The Morgan fingerprint density at radius 2 is 1.61 bits per heavy atom. The quantitative estimate of drug-likeness (QED) is 0.667. The summed E-state index contributed by atoms with van der Waals surface area (Å²) in [5.41, 5.74) is 1.61. The van der Waals surface area contributed by atoms with Gasteiger partial charge >= 0.3 is 7.60 Å². The zero-order valence-electron chi connectivity index (χ0n) is 16.0. The smallest absolute Gasteiger partial charge is 0.334 e. The lowest BCUT2D eigenvalue weighted by Crippen LogP contribution is -2.13. The number of anilines is 1. The molecule has 148 valence electrons. The van der Waals surface area contributed by atoms with Crippen molar-refractivity contribution in [3.63, 3.8) is 0 Å². The van der Waals surface area contributed by atoms with Gasteiger partial charge in [0.25, 0.3) is 5.91 Å². The van der Waals surface area contributed by atoms with Gasteiger partial charge in [0.15, 0.2) is 11.5 Å². The summed E-state index contributed by atoms with van der Waals surface area (Å²) < 4.78 is 32.4. The molecular formula is C19H21N2O6P. The van der Waals surface area contributed by atoms with E-state index in [0.29, 0.717) is 28.3 Å². The van der Waals surface area contributed by atoms with Gasteiger partial charge in [0.05, 0.1) is 31.6 Å². The fourth-order valence-electron chi connectivity index (χ4n) is 2.46. The Morgan fingerprint density at radius 3 is 2.11 bits per heavy atom. The van der Waals surface area contributed by atoms with Crippen molar-refractivity contribution in [1.29, 1.82) is 5.26 Å². The summed E-state index contributed by atoms with van der Waals surface area (Å²) in [6, 6.07) is 11.5. The number of hydrogen-bond donors (Lipinski definition) is 1. The molecule has 0 aliphatic rings. The van der Waals surface area contributed by atoms with Crippen molar-refractivity contribution in [2.75, 3.05) is 33.8 Å². The van der Waals surface area contributed by atoms with Crippen molar-refractivity contribution >= 4 is 19.2 Å². The molecule has 8 nitrogen and oxygen atoms in total. The average Bonchev–Trinajstić information content (AvgIpc) is 2.73. The lowest BCUT2D eigenvalue weighted by molar-refractivity contribution is 0.102. The van der Waals surface area contributed by atoms with Gasteiger partial charge in [-0.1, -0.05) is 12.1 Å². The van der Waals surface area contributed by atoms with Gasteiger partial charge in [-0.05, 0) is 17.7 Å². The lowest BCUT2D eigenvalue weighted by Gasteiger charge is -2.14. The summed E-state index contributed by atoms with van der Waals surface area (Å²) in [5, 5.41) is 12.0. The Bertz CT molecular complexity index is 929. The monoisotopic (exact) mass is 404 g/mol. The van der Waals surface area contributed by atoms with E-state index in [1.807, 2.05) is 6.07 Å². The molecule has 28 heavy (non-hydrogen) atoms. The largest absolute Gasteiger partial charge is 0.493 e. The first kappa shape index (κ1) is 21.5. The van der Waals surface area contributed by atoms with Crippen LogP contribution in [0.25, 0.3) is 0 Å². The van der Waals surface area contributed by atoms with Crippen LogP contribution >= 0.6 is 7.60 Å². The molecule has 0 spiro atoms. The van der Waals surface area contributed by atoms with E-state index in [1.54, 1.807) is 24.3 Å². The Labute approximate surface area is 163 Å². The Kier molecular flexibility index (Phi) is 7.18. The first-order valence-electron chi connectivity index (χ1n) is 8.16. The van der Waals surface area contributed by atoms with Crippen LogP contribution in [-0.2, 0) is 19.8 Å². The molecule has 0 bridgehead atoms. The van der Waals surface area contributed by atoms with Gasteiger partial charge in [-0.15, -0.1) is 0 Å². The van der Waals surface area contributed by atoms with Crippen LogP contribution in [0.4, 0.5) is 5.69 Å². The highest BCUT2D eigenvalue weighted by atomic mass is 31.2. The maximum absolute atomic E-state index is 12.5. The minimum atomic E-state index is -3.19. The molecule has 0 saturated heterocycles. The normalized spacial score (nSPS) is 10.8. The van der Waals surface area contributed by atoms with Crippen LogP contribution in [0.2, 0.25) is 0 Å². The van der Waals surface area contributed by atoms with Crippen LogP contribution in [0.1, 0.15) is 21.5 Å². The molecule has 9 heteroatoms. The molecule has 0 fully saturated rings. The van der Waals surface area contributed by atoms with Crippen LogP contribution in [-0.4, -0.2) is 34.3 Å². The molecular weight excluding hydrogens is 383 g/mol. The van der Waals surface area contributed by atoms with Crippen LogP contribution in [0.3, 0.4) is 0 Å². The van der Waals surface area contributed by atoms with Crippen molar-refractivity contribution in [1.82, 2.24) is 0 Å². The number of rotatable bonds is 8. The highest BCUT2D eigenvalue weighted by molar-refractivity contribution is 7.52. The second-order valence-corrected chi connectivity index (χ2v) is 7.92. The maximum Gasteiger partial charge on any atom is 0.334 e. The van der Waals surface area contributed by atoms with E-state index in [-0.39, 0.29) is 11.7 Å². The summed E-state index contributed by atoms with van der Waals surface area (Å²) in [6.07, 6.45) is 0.0934. The minimum Gasteiger partial charge on any atom is -0.493 e. The number of ether oxygens (including phenoxy) is 2. The summed E-state index contributed by atoms with van der Waals surface area (Å²) in [7, 11) is 2.38. The van der Waals surface area contributed by atoms with E-state index in [2.05, 4.69) is 5.32 Å². The third-order valence-corrected chi connectivity index (χ3v) is 5.91. The molecule has 0 aliphatic carbocycles. The van der Waals surface area contributed by atoms with Crippen molar-refractivity contribution in [2.45, 2.75) is 6.16 Å². The molecule has 0 aliphatic heterocycles. The molecule has 0 radical (unpaired) electrons. The van der Waals surface area contributed by atoms with Crippen molar-refractivity contribution in [2.24, 2.45) is 0 Å². The maximum atomic E-state index is 12.5. The molecule has 0 atom stereocenters. The number of nitrogens with one attached hydrogen (secondary N) is 1. The van der Waals surface area contributed by atoms with E-state index in [0.717, 1.165) is 0 Å². The van der Waals surface area contributed by atoms with Crippen LogP contribution in [0.15, 0.2) is 36.4 Å². The highest BCUT2D eigenvalue weighted by Gasteiger charge is 2.21. The number of amides is 1. The number of nitriles is 1. The molecule has 1 amide bonds. The lowest BCUT2D eigenvalue weighted by atomic mass is 10.1. The third-order valence-electron chi connectivity index (χ3n) is 4.04. The van der Waals surface area contributed by atoms with E-state index in [4.69, 9.17) is 18.5 Å². The number of nitrogens with zero attached hydrogens (tertiary/aromatic N) is 1. The van der Waals surface area contributed by atoms with Crippen molar-refractivity contribution in [3.8, 4) is 17.6 Å². The molecule has 2 aromatic rings. The van der Waals surface area contributed by atoms with Gasteiger partial charge in [-0.3, -0.25) is 9.36 Å². The number of methoxy groups -OCH3 is 2. The first-order chi connectivity index (χ1) is 13.4. The fraction of sp³-hybridized carbons (Fsp3) is 0.263. The minimum absolute atomic E-state index is 0.0934. The topological polar surface area (TPSA) is 107 Å². The SMILES string of the molecule is COc1cc(C#N)c(NC(=O)c2ccc(CP(=O)(OC)OC)cc2)cc1OC. The first-order valence-corrected chi connectivity index (χ1v) is 9.89. The molecule has 2 aromatic carbocycles. The molecule has 0 aromatic heterocycles. The average molecular weight is 404 g/mol. The number of benzene rings is 2. The number of carbonyl (C=O) groups excluding carboxylic acids is 1. The standard InChI is InChI=1S/C19H21N2O6P/c1-24-17-9-15(11-20)16(10-18(17)25-2)21-19(22)14-7-5-13(6-8-14)12-28(23,26-3)27-4/h5-10H,12H2,1-4H3,(H,21,22).